The third-order valence-corrected chi connectivity index (χ3v) is 5.33. The number of likely N-dealkylation sites (tertiary alicyclic amines) is 1. The molecule has 1 N–H and O–H groups in total. The maximum absolute atomic E-state index is 11.8. The van der Waals surface area contributed by atoms with Gasteiger partial charge in [-0.05, 0) is 56.7 Å². The van der Waals surface area contributed by atoms with Crippen molar-refractivity contribution in [3.8, 4) is 0 Å². The standard InChI is InChI=1S/C16H23NO2S/c1-4-16(15(18)19)10-5-11-17(16)12(2)13-6-8-14(20-3)9-7-13/h6-9,12H,4-5,10-11H2,1-3H3,(H,18,19). The van der Waals surface area contributed by atoms with E-state index in [1.54, 1.807) is 11.8 Å². The van der Waals surface area contributed by atoms with E-state index in [0.717, 1.165) is 19.4 Å². The lowest BCUT2D eigenvalue weighted by Crippen LogP contribution is -2.50. The predicted octanol–water partition coefficient (Wildman–Crippen LogP) is 3.80. The molecule has 0 spiro atoms. The van der Waals surface area contributed by atoms with Crippen molar-refractivity contribution in [2.45, 2.75) is 49.6 Å². The topological polar surface area (TPSA) is 40.5 Å². The van der Waals surface area contributed by atoms with Crippen LogP contribution in [0, 0.1) is 0 Å². The molecular weight excluding hydrogens is 270 g/mol. The average molecular weight is 293 g/mol. The molecule has 0 aliphatic carbocycles. The molecule has 0 bridgehead atoms. The highest BCUT2D eigenvalue weighted by molar-refractivity contribution is 7.98. The van der Waals surface area contributed by atoms with Crippen molar-refractivity contribution in [2.75, 3.05) is 12.8 Å². The van der Waals surface area contributed by atoms with Gasteiger partial charge >= 0.3 is 5.97 Å². The molecule has 0 radical (unpaired) electrons. The van der Waals surface area contributed by atoms with Crippen LogP contribution in [0.15, 0.2) is 29.2 Å². The fourth-order valence-corrected chi connectivity index (χ4v) is 3.70. The van der Waals surface area contributed by atoms with Gasteiger partial charge in [0, 0.05) is 10.9 Å². The molecule has 2 atom stereocenters. The van der Waals surface area contributed by atoms with Crippen LogP contribution in [0.25, 0.3) is 0 Å². The molecule has 20 heavy (non-hydrogen) atoms. The summed E-state index contributed by atoms with van der Waals surface area (Å²) in [5, 5.41) is 9.67. The van der Waals surface area contributed by atoms with Crippen LogP contribution in [0.2, 0.25) is 0 Å². The van der Waals surface area contributed by atoms with Gasteiger partial charge in [-0.2, -0.15) is 0 Å². The normalized spacial score (nSPS) is 24.8. The molecule has 1 saturated heterocycles. The van der Waals surface area contributed by atoms with Crippen molar-refractivity contribution < 1.29 is 9.90 Å². The summed E-state index contributed by atoms with van der Waals surface area (Å²) in [7, 11) is 0. The van der Waals surface area contributed by atoms with Gasteiger partial charge < -0.3 is 5.11 Å². The van der Waals surface area contributed by atoms with Gasteiger partial charge in [-0.1, -0.05) is 19.1 Å². The van der Waals surface area contributed by atoms with Crippen molar-refractivity contribution >= 4 is 17.7 Å². The number of carbonyl (C=O) groups is 1. The Morgan fingerprint density at radius 3 is 2.60 bits per heavy atom. The molecular formula is C16H23NO2S. The van der Waals surface area contributed by atoms with E-state index in [-0.39, 0.29) is 6.04 Å². The van der Waals surface area contributed by atoms with Gasteiger partial charge in [-0.15, -0.1) is 11.8 Å². The maximum atomic E-state index is 11.8. The Hall–Kier alpha value is -1.00. The van der Waals surface area contributed by atoms with E-state index in [1.807, 2.05) is 6.92 Å². The molecule has 0 saturated carbocycles. The first-order valence-electron chi connectivity index (χ1n) is 7.19. The fourth-order valence-electron chi connectivity index (χ4n) is 3.29. The Bertz CT molecular complexity index is 474. The molecule has 110 valence electrons. The van der Waals surface area contributed by atoms with Crippen LogP contribution in [-0.2, 0) is 4.79 Å². The van der Waals surface area contributed by atoms with Gasteiger partial charge in [0.2, 0.25) is 0 Å². The van der Waals surface area contributed by atoms with Crippen LogP contribution >= 0.6 is 11.8 Å². The molecule has 2 unspecified atom stereocenters. The molecule has 3 nitrogen and oxygen atoms in total. The third-order valence-electron chi connectivity index (χ3n) is 4.59. The minimum absolute atomic E-state index is 0.143. The van der Waals surface area contributed by atoms with E-state index in [2.05, 4.69) is 42.3 Å². The number of carboxylic acid groups (broad SMARTS) is 1. The van der Waals surface area contributed by atoms with E-state index in [0.29, 0.717) is 6.42 Å². The summed E-state index contributed by atoms with van der Waals surface area (Å²) < 4.78 is 0. The molecule has 0 amide bonds. The smallest absolute Gasteiger partial charge is 0.324 e. The summed E-state index contributed by atoms with van der Waals surface area (Å²) in [4.78, 5) is 15.2. The highest BCUT2D eigenvalue weighted by atomic mass is 32.2. The first-order valence-corrected chi connectivity index (χ1v) is 8.41. The van der Waals surface area contributed by atoms with E-state index in [1.165, 1.54) is 10.5 Å². The molecule has 1 aliphatic heterocycles. The van der Waals surface area contributed by atoms with E-state index >= 15 is 0 Å². The van der Waals surface area contributed by atoms with Gasteiger partial charge in [0.1, 0.15) is 5.54 Å². The zero-order valence-electron chi connectivity index (χ0n) is 12.4. The highest BCUT2D eigenvalue weighted by Gasteiger charge is 2.48. The Labute approximate surface area is 125 Å². The second-order valence-corrected chi connectivity index (χ2v) is 6.32. The van der Waals surface area contributed by atoms with Gasteiger partial charge in [0.15, 0.2) is 0 Å². The van der Waals surface area contributed by atoms with E-state index in [4.69, 9.17) is 0 Å². The predicted molar refractivity (Wildman–Crippen MR) is 83.2 cm³/mol. The fraction of sp³-hybridized carbons (Fsp3) is 0.562. The SMILES string of the molecule is CCC1(C(=O)O)CCCN1C(C)c1ccc(SC)cc1. The number of aliphatic carboxylic acids is 1. The quantitative estimate of drug-likeness (QED) is 0.838. The second kappa shape index (κ2) is 6.19. The molecule has 2 rings (SSSR count). The highest BCUT2D eigenvalue weighted by Crippen LogP contribution is 2.39. The first kappa shape index (κ1) is 15.4. The molecule has 1 fully saturated rings. The Kier molecular flexibility index (Phi) is 4.76. The summed E-state index contributed by atoms with van der Waals surface area (Å²) >= 11 is 1.72. The minimum Gasteiger partial charge on any atom is -0.480 e. The molecule has 4 heteroatoms. The zero-order valence-corrected chi connectivity index (χ0v) is 13.2. The van der Waals surface area contributed by atoms with Crippen LogP contribution in [-0.4, -0.2) is 34.3 Å². The molecule has 0 aromatic heterocycles. The Morgan fingerprint density at radius 1 is 1.45 bits per heavy atom. The van der Waals surface area contributed by atoms with Crippen molar-refractivity contribution in [3.63, 3.8) is 0 Å². The lowest BCUT2D eigenvalue weighted by atomic mass is 9.91. The van der Waals surface area contributed by atoms with Gasteiger partial charge in [0.05, 0.1) is 0 Å². The van der Waals surface area contributed by atoms with Crippen LogP contribution in [0.1, 0.15) is 44.7 Å². The number of rotatable bonds is 5. The minimum atomic E-state index is -0.683. The van der Waals surface area contributed by atoms with E-state index < -0.39 is 11.5 Å². The lowest BCUT2D eigenvalue weighted by Gasteiger charge is -2.38. The van der Waals surface area contributed by atoms with Crippen LogP contribution in [0.3, 0.4) is 0 Å². The summed E-state index contributed by atoms with van der Waals surface area (Å²) in [5.74, 6) is -0.676. The van der Waals surface area contributed by atoms with Gasteiger partial charge in [-0.3, -0.25) is 9.69 Å². The summed E-state index contributed by atoms with van der Waals surface area (Å²) in [6.45, 7) is 4.97. The van der Waals surface area contributed by atoms with Crippen molar-refractivity contribution in [1.29, 1.82) is 0 Å². The van der Waals surface area contributed by atoms with Crippen LogP contribution in [0.5, 0.6) is 0 Å². The van der Waals surface area contributed by atoms with Gasteiger partial charge in [0.25, 0.3) is 0 Å². The zero-order chi connectivity index (χ0) is 14.8. The number of hydrogen-bond acceptors (Lipinski definition) is 3. The number of thioether (sulfide) groups is 1. The average Bonchev–Trinajstić information content (AvgIpc) is 2.91. The van der Waals surface area contributed by atoms with Crippen LogP contribution < -0.4 is 0 Å². The molecule has 1 aromatic carbocycles. The number of carboxylic acids is 1. The monoisotopic (exact) mass is 293 g/mol. The van der Waals surface area contributed by atoms with Crippen molar-refractivity contribution in [1.82, 2.24) is 4.90 Å². The second-order valence-electron chi connectivity index (χ2n) is 5.44. The first-order chi connectivity index (χ1) is 9.55. The number of benzene rings is 1. The molecule has 1 aromatic rings. The number of nitrogens with zero attached hydrogens (tertiary/aromatic N) is 1. The number of hydrogen-bond donors (Lipinski definition) is 1. The van der Waals surface area contributed by atoms with Gasteiger partial charge in [-0.25, -0.2) is 0 Å². The van der Waals surface area contributed by atoms with E-state index in [9.17, 15) is 9.90 Å². The largest absolute Gasteiger partial charge is 0.480 e. The summed E-state index contributed by atoms with van der Waals surface area (Å²) in [5.41, 5.74) is 0.515. The van der Waals surface area contributed by atoms with Crippen molar-refractivity contribution in [3.05, 3.63) is 29.8 Å². The van der Waals surface area contributed by atoms with Crippen LogP contribution in [0.4, 0.5) is 0 Å². The molecule has 1 heterocycles. The Morgan fingerprint density at radius 2 is 2.10 bits per heavy atom. The Balaban J connectivity index is 2.26. The summed E-state index contributed by atoms with van der Waals surface area (Å²) in [6.07, 6.45) is 4.44. The maximum Gasteiger partial charge on any atom is 0.324 e. The summed E-state index contributed by atoms with van der Waals surface area (Å²) in [6, 6.07) is 8.61. The third kappa shape index (κ3) is 2.59. The molecule has 1 aliphatic rings. The van der Waals surface area contributed by atoms with Crippen molar-refractivity contribution in [2.24, 2.45) is 0 Å². The lowest BCUT2D eigenvalue weighted by molar-refractivity contribution is -0.151.